The van der Waals surface area contributed by atoms with Crippen LogP contribution in [0.15, 0.2) is 22.4 Å². The average Bonchev–Trinajstić information content (AvgIpc) is 2.48. The van der Waals surface area contributed by atoms with E-state index in [0.29, 0.717) is 0 Å². The van der Waals surface area contributed by atoms with Crippen molar-refractivity contribution in [2.45, 2.75) is 66.2 Å². The Hall–Kier alpha value is -1.62. The lowest BCUT2D eigenvalue weighted by Gasteiger charge is -2.07. The standard InChI is InChI=1S/C20H30N2/c1-5-7-13-21-22-14-10-8-9-12-20-17(3)15-19(11-6-2)16-18(20)4/h15-16H,5-8,10-11,13-14H2,1-4H3. The molecule has 0 N–H and O–H groups in total. The minimum absolute atomic E-state index is 0.797. The first kappa shape index (κ1) is 18.4. The van der Waals surface area contributed by atoms with Crippen LogP contribution in [-0.4, -0.2) is 13.1 Å². The maximum Gasteiger partial charge on any atom is 0.0607 e. The van der Waals surface area contributed by atoms with E-state index in [9.17, 15) is 0 Å². The molecule has 0 saturated carbocycles. The zero-order valence-corrected chi connectivity index (χ0v) is 14.7. The molecular formula is C20H30N2. The van der Waals surface area contributed by atoms with Gasteiger partial charge in [0, 0.05) is 12.0 Å². The van der Waals surface area contributed by atoms with Crippen LogP contribution in [0, 0.1) is 25.7 Å². The van der Waals surface area contributed by atoms with Gasteiger partial charge in [0.05, 0.1) is 13.1 Å². The van der Waals surface area contributed by atoms with Gasteiger partial charge in [0.2, 0.25) is 0 Å². The number of aryl methyl sites for hydroxylation is 3. The maximum absolute atomic E-state index is 4.18. The van der Waals surface area contributed by atoms with Crippen molar-refractivity contribution in [1.82, 2.24) is 0 Å². The van der Waals surface area contributed by atoms with Gasteiger partial charge in [-0.25, -0.2) is 0 Å². The smallest absolute Gasteiger partial charge is 0.0607 e. The van der Waals surface area contributed by atoms with Crippen molar-refractivity contribution in [2.75, 3.05) is 13.1 Å². The fraction of sp³-hybridized carbons (Fsp3) is 0.600. The highest BCUT2D eigenvalue weighted by Gasteiger charge is 2.02. The van der Waals surface area contributed by atoms with Crippen LogP contribution in [0.2, 0.25) is 0 Å². The summed E-state index contributed by atoms with van der Waals surface area (Å²) in [6.45, 7) is 10.4. The summed E-state index contributed by atoms with van der Waals surface area (Å²) in [5, 5.41) is 8.33. The highest BCUT2D eigenvalue weighted by molar-refractivity contribution is 5.48. The van der Waals surface area contributed by atoms with Crippen molar-refractivity contribution in [3.63, 3.8) is 0 Å². The van der Waals surface area contributed by atoms with Gasteiger partial charge in [-0.1, -0.05) is 50.7 Å². The Balaban J connectivity index is 2.46. The quantitative estimate of drug-likeness (QED) is 0.337. The lowest BCUT2D eigenvalue weighted by molar-refractivity contribution is 0.735. The topological polar surface area (TPSA) is 24.7 Å². The predicted molar refractivity (Wildman–Crippen MR) is 95.5 cm³/mol. The fourth-order valence-electron chi connectivity index (χ4n) is 2.44. The third-order valence-electron chi connectivity index (χ3n) is 3.62. The SMILES string of the molecule is CCCCN=NCCCC#Cc1c(C)cc(CCC)cc1C. The van der Waals surface area contributed by atoms with E-state index >= 15 is 0 Å². The minimum Gasteiger partial charge on any atom is -0.194 e. The highest BCUT2D eigenvalue weighted by Crippen LogP contribution is 2.17. The van der Waals surface area contributed by atoms with E-state index in [1.807, 2.05) is 0 Å². The van der Waals surface area contributed by atoms with Gasteiger partial charge in [0.25, 0.3) is 0 Å². The molecule has 120 valence electrons. The van der Waals surface area contributed by atoms with Crippen LogP contribution < -0.4 is 0 Å². The molecule has 2 heteroatoms. The van der Waals surface area contributed by atoms with Gasteiger partial charge in [-0.05, 0) is 49.8 Å². The van der Waals surface area contributed by atoms with E-state index in [0.717, 1.165) is 38.8 Å². The van der Waals surface area contributed by atoms with Crippen molar-refractivity contribution < 1.29 is 0 Å². The second-order valence-electron chi connectivity index (χ2n) is 5.84. The number of rotatable bonds is 8. The highest BCUT2D eigenvalue weighted by atomic mass is 15.1. The van der Waals surface area contributed by atoms with E-state index in [4.69, 9.17) is 0 Å². The van der Waals surface area contributed by atoms with Gasteiger partial charge >= 0.3 is 0 Å². The van der Waals surface area contributed by atoms with Gasteiger partial charge in [-0.2, -0.15) is 10.2 Å². The Labute approximate surface area is 136 Å². The monoisotopic (exact) mass is 298 g/mol. The van der Waals surface area contributed by atoms with Crippen LogP contribution >= 0.6 is 0 Å². The zero-order chi connectivity index (χ0) is 16.2. The first-order valence-corrected chi connectivity index (χ1v) is 8.61. The molecule has 0 aromatic heterocycles. The van der Waals surface area contributed by atoms with Crippen LogP contribution in [0.1, 0.15) is 68.2 Å². The molecule has 1 aromatic carbocycles. The van der Waals surface area contributed by atoms with Gasteiger partial charge in [0.1, 0.15) is 0 Å². The largest absolute Gasteiger partial charge is 0.194 e. The van der Waals surface area contributed by atoms with Gasteiger partial charge in [0.15, 0.2) is 0 Å². The molecule has 0 spiro atoms. The molecule has 0 heterocycles. The Morgan fingerprint density at radius 2 is 1.55 bits per heavy atom. The predicted octanol–water partition coefficient (Wildman–Crippen LogP) is 5.64. The summed E-state index contributed by atoms with van der Waals surface area (Å²) in [6, 6.07) is 4.56. The second kappa shape index (κ2) is 11.0. The van der Waals surface area contributed by atoms with E-state index in [1.165, 1.54) is 35.1 Å². The van der Waals surface area contributed by atoms with Crippen LogP contribution in [0.25, 0.3) is 0 Å². The molecule has 0 aliphatic heterocycles. The first-order valence-electron chi connectivity index (χ1n) is 8.61. The van der Waals surface area contributed by atoms with Gasteiger partial charge < -0.3 is 0 Å². The fourth-order valence-corrected chi connectivity index (χ4v) is 2.44. The third kappa shape index (κ3) is 6.89. The van der Waals surface area contributed by atoms with Crippen molar-refractivity contribution >= 4 is 0 Å². The molecule has 0 amide bonds. The summed E-state index contributed by atoms with van der Waals surface area (Å²) in [5.74, 6) is 6.62. The molecule has 0 radical (unpaired) electrons. The Morgan fingerprint density at radius 3 is 2.14 bits per heavy atom. The summed E-state index contributed by atoms with van der Waals surface area (Å²) < 4.78 is 0. The maximum atomic E-state index is 4.18. The van der Waals surface area contributed by atoms with Crippen molar-refractivity contribution in [2.24, 2.45) is 10.2 Å². The Kier molecular flexibility index (Phi) is 9.23. The van der Waals surface area contributed by atoms with E-state index in [2.05, 4.69) is 61.9 Å². The molecule has 1 aromatic rings. The molecule has 0 aliphatic carbocycles. The van der Waals surface area contributed by atoms with E-state index in [-0.39, 0.29) is 0 Å². The van der Waals surface area contributed by atoms with Crippen LogP contribution in [0.5, 0.6) is 0 Å². The molecule has 0 aliphatic rings. The number of hydrogen-bond acceptors (Lipinski definition) is 2. The zero-order valence-electron chi connectivity index (χ0n) is 14.7. The lowest BCUT2D eigenvalue weighted by atomic mass is 9.97. The number of nitrogens with zero attached hydrogens (tertiary/aromatic N) is 2. The number of unbranched alkanes of at least 4 members (excludes halogenated alkanes) is 2. The molecule has 2 nitrogen and oxygen atoms in total. The molecule has 0 atom stereocenters. The molecule has 0 saturated heterocycles. The summed E-state index contributed by atoms with van der Waals surface area (Å²) in [7, 11) is 0. The normalized spacial score (nSPS) is 10.7. The van der Waals surface area contributed by atoms with Crippen molar-refractivity contribution in [3.8, 4) is 11.8 Å². The van der Waals surface area contributed by atoms with Crippen LogP contribution in [0.4, 0.5) is 0 Å². The van der Waals surface area contributed by atoms with Crippen molar-refractivity contribution in [1.29, 1.82) is 0 Å². The average molecular weight is 298 g/mol. The molecule has 1 rings (SSSR count). The van der Waals surface area contributed by atoms with E-state index in [1.54, 1.807) is 0 Å². The molecule has 0 fully saturated rings. The number of hydrogen-bond donors (Lipinski definition) is 0. The van der Waals surface area contributed by atoms with Gasteiger partial charge in [-0.15, -0.1) is 0 Å². The minimum atomic E-state index is 0.797. The third-order valence-corrected chi connectivity index (χ3v) is 3.62. The second-order valence-corrected chi connectivity index (χ2v) is 5.84. The molecule has 22 heavy (non-hydrogen) atoms. The Bertz CT molecular complexity index is 509. The molecule has 0 unspecified atom stereocenters. The summed E-state index contributed by atoms with van der Waals surface area (Å²) >= 11 is 0. The molecule has 0 bridgehead atoms. The Morgan fingerprint density at radius 1 is 0.909 bits per heavy atom. The number of benzene rings is 1. The van der Waals surface area contributed by atoms with Crippen LogP contribution in [0.3, 0.4) is 0 Å². The van der Waals surface area contributed by atoms with Gasteiger partial charge in [-0.3, -0.25) is 0 Å². The lowest BCUT2D eigenvalue weighted by Crippen LogP contribution is -1.93. The summed E-state index contributed by atoms with van der Waals surface area (Å²) in [4.78, 5) is 0. The van der Waals surface area contributed by atoms with Crippen LogP contribution in [-0.2, 0) is 6.42 Å². The van der Waals surface area contributed by atoms with E-state index < -0.39 is 0 Å². The summed E-state index contributed by atoms with van der Waals surface area (Å²) in [5.41, 5.74) is 5.23. The number of azo groups is 1. The first-order chi connectivity index (χ1) is 10.7. The summed E-state index contributed by atoms with van der Waals surface area (Å²) in [6.07, 6.45) is 6.54. The molecular weight excluding hydrogens is 268 g/mol. The van der Waals surface area contributed by atoms with Crippen molar-refractivity contribution in [3.05, 3.63) is 34.4 Å².